The number of benzene rings is 7. The van der Waals surface area contributed by atoms with Crippen molar-refractivity contribution < 1.29 is 0 Å². The van der Waals surface area contributed by atoms with Crippen LogP contribution in [0.3, 0.4) is 0 Å². The number of aromatic nitrogens is 1. The van der Waals surface area contributed by atoms with E-state index < -0.39 is 5.41 Å². The topological polar surface area (TPSA) is 21.5 Å². The van der Waals surface area contributed by atoms with E-state index in [1.165, 1.54) is 50.1 Å². The maximum Gasteiger partial charge on any atom is 0.263 e. The number of rotatable bonds is 1. The quantitative estimate of drug-likeness (QED) is 0.176. The Morgan fingerprint density at radius 1 is 0.435 bits per heavy atom. The molecule has 9 aromatic rings. The van der Waals surface area contributed by atoms with Crippen LogP contribution in [0.1, 0.15) is 22.3 Å². The lowest BCUT2D eigenvalue weighted by Gasteiger charge is -2.30. The van der Waals surface area contributed by atoms with Crippen LogP contribution in [0.25, 0.3) is 71.3 Å². The van der Waals surface area contributed by atoms with Crippen LogP contribution < -0.4 is 5.56 Å². The molecule has 11 rings (SSSR count). The lowest BCUT2D eigenvalue weighted by Crippen LogP contribution is -2.25. The van der Waals surface area contributed by atoms with Crippen molar-refractivity contribution in [3.8, 4) is 33.4 Å². The Hall–Kier alpha value is -5.99. The summed E-state index contributed by atoms with van der Waals surface area (Å²) in [5, 5.41) is 5.12. The Bertz CT molecular complexity index is 2780. The molecule has 212 valence electrons. The molecular formula is C44H25NO. The molecule has 2 aliphatic rings. The number of nitrogens with zero attached hydrogens (tertiary/aromatic N) is 1. The van der Waals surface area contributed by atoms with Crippen molar-refractivity contribution in [2.45, 2.75) is 5.41 Å². The van der Waals surface area contributed by atoms with Gasteiger partial charge in [0.15, 0.2) is 0 Å². The maximum absolute atomic E-state index is 14.4. The van der Waals surface area contributed by atoms with Crippen molar-refractivity contribution in [1.29, 1.82) is 0 Å². The number of hydrogen-bond donors (Lipinski definition) is 0. The van der Waals surface area contributed by atoms with Gasteiger partial charge in [0.25, 0.3) is 5.56 Å². The largest absolute Gasteiger partial charge is 0.275 e. The average molecular weight is 584 g/mol. The van der Waals surface area contributed by atoms with Gasteiger partial charge in [-0.15, -0.1) is 0 Å². The summed E-state index contributed by atoms with van der Waals surface area (Å²) in [5.41, 5.74) is 14.2. The van der Waals surface area contributed by atoms with Gasteiger partial charge >= 0.3 is 0 Å². The molecule has 0 aliphatic heterocycles. The van der Waals surface area contributed by atoms with Crippen LogP contribution in [0.2, 0.25) is 0 Å². The minimum absolute atomic E-state index is 0.0352. The summed E-state index contributed by atoms with van der Waals surface area (Å²) in [7, 11) is 0. The summed E-state index contributed by atoms with van der Waals surface area (Å²) in [6.45, 7) is 0. The van der Waals surface area contributed by atoms with Gasteiger partial charge in [0.05, 0.1) is 16.4 Å². The molecule has 0 radical (unpaired) electrons. The van der Waals surface area contributed by atoms with Crippen molar-refractivity contribution in [2.75, 3.05) is 0 Å². The van der Waals surface area contributed by atoms with E-state index in [-0.39, 0.29) is 5.56 Å². The van der Waals surface area contributed by atoms with Crippen molar-refractivity contribution >= 4 is 38.0 Å². The van der Waals surface area contributed by atoms with Crippen LogP contribution >= 0.6 is 0 Å². The summed E-state index contributed by atoms with van der Waals surface area (Å²) >= 11 is 0. The smallest absolute Gasteiger partial charge is 0.263 e. The standard InChI is InChI=1S/C44H25NO/c46-43-31-17-5-4-14-28(31)33-24-27(26-12-2-1-3-13-26)25-34-41-39(45(43)42(33)34)23-22-38-40(41)32-18-8-11-21-37(32)44(38)35-19-9-6-15-29(35)30-16-7-10-20-36(30)44/h1-25H. The highest BCUT2D eigenvalue weighted by molar-refractivity contribution is 6.25. The third kappa shape index (κ3) is 2.69. The lowest BCUT2D eigenvalue weighted by molar-refractivity contribution is 0.794. The molecule has 0 atom stereocenters. The van der Waals surface area contributed by atoms with Crippen LogP contribution in [0.15, 0.2) is 156 Å². The summed E-state index contributed by atoms with van der Waals surface area (Å²) < 4.78 is 1.99. The molecule has 1 spiro atoms. The van der Waals surface area contributed by atoms with Crippen molar-refractivity contribution in [1.82, 2.24) is 4.40 Å². The second-order valence-electron chi connectivity index (χ2n) is 12.7. The zero-order valence-electron chi connectivity index (χ0n) is 24.8. The number of fused-ring (bicyclic) bond motifs is 16. The van der Waals surface area contributed by atoms with Crippen LogP contribution in [-0.2, 0) is 5.41 Å². The van der Waals surface area contributed by atoms with Crippen molar-refractivity contribution in [3.63, 3.8) is 0 Å². The normalized spacial score (nSPS) is 13.9. The first-order valence-corrected chi connectivity index (χ1v) is 15.9. The van der Waals surface area contributed by atoms with E-state index in [9.17, 15) is 4.79 Å². The molecule has 0 saturated heterocycles. The monoisotopic (exact) mass is 583 g/mol. The third-order valence-electron chi connectivity index (χ3n) is 10.7. The zero-order valence-corrected chi connectivity index (χ0v) is 24.8. The van der Waals surface area contributed by atoms with Crippen molar-refractivity contribution in [3.05, 3.63) is 184 Å². The van der Waals surface area contributed by atoms with E-state index >= 15 is 0 Å². The predicted molar refractivity (Wildman–Crippen MR) is 189 cm³/mol. The molecule has 2 heteroatoms. The Morgan fingerprint density at radius 3 is 1.72 bits per heavy atom. The molecule has 0 saturated carbocycles. The molecule has 46 heavy (non-hydrogen) atoms. The Labute approximate surface area is 264 Å². The molecule has 0 fully saturated rings. The summed E-state index contributed by atoms with van der Waals surface area (Å²) in [5.74, 6) is 0. The van der Waals surface area contributed by atoms with Crippen LogP contribution in [0, 0.1) is 0 Å². The van der Waals surface area contributed by atoms with Gasteiger partial charge < -0.3 is 0 Å². The van der Waals surface area contributed by atoms with Gasteiger partial charge in [0.2, 0.25) is 0 Å². The highest BCUT2D eigenvalue weighted by Crippen LogP contribution is 2.64. The van der Waals surface area contributed by atoms with Crippen LogP contribution in [0.4, 0.5) is 0 Å². The van der Waals surface area contributed by atoms with Gasteiger partial charge in [-0.05, 0) is 85.3 Å². The predicted octanol–water partition coefficient (Wildman–Crippen LogP) is 10.2. The van der Waals surface area contributed by atoms with Gasteiger partial charge in [-0.1, -0.05) is 127 Å². The van der Waals surface area contributed by atoms with Gasteiger partial charge in [-0.25, -0.2) is 0 Å². The number of pyridine rings is 1. The molecular weight excluding hydrogens is 558 g/mol. The molecule has 0 bridgehead atoms. The molecule has 0 unspecified atom stereocenters. The summed E-state index contributed by atoms with van der Waals surface area (Å²) in [6, 6.07) is 54.6. The minimum atomic E-state index is -0.436. The Morgan fingerprint density at radius 2 is 1.00 bits per heavy atom. The van der Waals surface area contributed by atoms with E-state index in [1.54, 1.807) is 0 Å². The SMILES string of the molecule is O=c1c2ccccc2c2cc(-c3ccccc3)cc3c4c5c(ccc4n1c23)C1(c2ccccc2-c2ccccc21)c1ccccc1-5. The van der Waals surface area contributed by atoms with Gasteiger partial charge in [0, 0.05) is 21.5 Å². The molecule has 7 aromatic carbocycles. The van der Waals surface area contributed by atoms with E-state index in [4.69, 9.17) is 0 Å². The molecule has 0 amide bonds. The average Bonchev–Trinajstić information content (AvgIpc) is 3.73. The molecule has 2 nitrogen and oxygen atoms in total. The summed E-state index contributed by atoms with van der Waals surface area (Å²) in [4.78, 5) is 14.4. The lowest BCUT2D eigenvalue weighted by atomic mass is 9.70. The minimum Gasteiger partial charge on any atom is -0.275 e. The first kappa shape index (κ1) is 24.3. The fraction of sp³-hybridized carbons (Fsp3) is 0.0227. The van der Waals surface area contributed by atoms with Gasteiger partial charge in [-0.2, -0.15) is 0 Å². The Balaban J connectivity index is 1.40. The van der Waals surface area contributed by atoms with Crippen LogP contribution in [0.5, 0.6) is 0 Å². The van der Waals surface area contributed by atoms with Crippen molar-refractivity contribution in [2.24, 2.45) is 0 Å². The fourth-order valence-corrected chi connectivity index (χ4v) is 9.06. The first-order valence-electron chi connectivity index (χ1n) is 15.9. The van der Waals surface area contributed by atoms with Gasteiger partial charge in [0.1, 0.15) is 0 Å². The van der Waals surface area contributed by atoms with E-state index in [0.29, 0.717) is 0 Å². The van der Waals surface area contributed by atoms with Crippen LogP contribution in [-0.4, -0.2) is 4.40 Å². The van der Waals surface area contributed by atoms with E-state index in [2.05, 4.69) is 133 Å². The second-order valence-corrected chi connectivity index (χ2v) is 12.7. The fourth-order valence-electron chi connectivity index (χ4n) is 9.06. The molecule has 0 N–H and O–H groups in total. The Kier molecular flexibility index (Phi) is 4.43. The van der Waals surface area contributed by atoms with E-state index in [1.807, 2.05) is 22.6 Å². The highest BCUT2D eigenvalue weighted by atomic mass is 16.1. The first-order chi connectivity index (χ1) is 22.8. The van der Waals surface area contributed by atoms with Gasteiger partial charge in [-0.3, -0.25) is 9.20 Å². The van der Waals surface area contributed by atoms with E-state index in [0.717, 1.165) is 43.5 Å². The highest BCUT2D eigenvalue weighted by Gasteiger charge is 2.52. The molecule has 2 aliphatic carbocycles. The summed E-state index contributed by atoms with van der Waals surface area (Å²) in [6.07, 6.45) is 0. The number of hydrogen-bond acceptors (Lipinski definition) is 1. The third-order valence-corrected chi connectivity index (χ3v) is 10.7. The maximum atomic E-state index is 14.4. The molecule has 2 aromatic heterocycles. The molecule has 2 heterocycles. The second kappa shape index (κ2) is 8.38. The zero-order chi connectivity index (χ0) is 30.1.